The zero-order valence-corrected chi connectivity index (χ0v) is 13.4. The van der Waals surface area contributed by atoms with Gasteiger partial charge in [0, 0.05) is 0 Å². The Labute approximate surface area is 119 Å². The molecule has 0 rings (SSSR count). The molecule has 3 heteroatoms. The van der Waals surface area contributed by atoms with Gasteiger partial charge in [0.25, 0.3) is 0 Å². The molecule has 0 fully saturated rings. The topological polar surface area (TPSA) is 26.0 Å². The first-order chi connectivity index (χ1) is 8.15. The van der Waals surface area contributed by atoms with E-state index in [0.29, 0.717) is 4.99 Å². The Balaban J connectivity index is 0. The number of nitrogens with two attached hydrogens (primary N) is 1. The number of hydrogen-bond donors (Lipinski definition) is 2. The van der Waals surface area contributed by atoms with Gasteiger partial charge in [0.05, 0.1) is 4.99 Å². The van der Waals surface area contributed by atoms with Crippen LogP contribution in [0, 0.1) is 0 Å². The van der Waals surface area contributed by atoms with Crippen LogP contribution in [0.4, 0.5) is 0 Å². The molecule has 0 heterocycles. The lowest BCUT2D eigenvalue weighted by atomic mass is 10.1. The van der Waals surface area contributed by atoms with Crippen LogP contribution in [0.25, 0.3) is 0 Å². The highest BCUT2D eigenvalue weighted by molar-refractivity contribution is 7.80. The van der Waals surface area contributed by atoms with Gasteiger partial charge in [-0.1, -0.05) is 76.9 Å². The lowest BCUT2D eigenvalue weighted by Crippen LogP contribution is -1.98. The van der Waals surface area contributed by atoms with Gasteiger partial charge in [-0.3, -0.25) is 0 Å². The Morgan fingerprint density at radius 1 is 0.882 bits per heavy atom. The predicted octanol–water partition coefficient (Wildman–Crippen LogP) is 5.13. The molecule has 0 aromatic heterocycles. The van der Waals surface area contributed by atoms with E-state index in [9.17, 15) is 0 Å². The number of thiol groups is 1. The summed E-state index contributed by atoms with van der Waals surface area (Å²) in [6.45, 7) is 3.95. The van der Waals surface area contributed by atoms with E-state index in [1.165, 1.54) is 64.2 Å². The van der Waals surface area contributed by atoms with Gasteiger partial charge in [-0.25, -0.2) is 0 Å². The van der Waals surface area contributed by atoms with Gasteiger partial charge >= 0.3 is 0 Å². The molecular formula is C14H31NS2. The average molecular weight is 278 g/mol. The molecule has 0 amide bonds. The minimum absolute atomic E-state index is 0.500. The van der Waals surface area contributed by atoms with Gasteiger partial charge in [0.15, 0.2) is 0 Å². The fourth-order valence-corrected chi connectivity index (χ4v) is 1.82. The Hall–Kier alpha value is 0.240. The van der Waals surface area contributed by atoms with Gasteiger partial charge < -0.3 is 5.73 Å². The molecular weight excluding hydrogens is 246 g/mol. The molecule has 104 valence electrons. The summed E-state index contributed by atoms with van der Waals surface area (Å²) in [5, 5.41) is 0. The van der Waals surface area contributed by atoms with Gasteiger partial charge in [-0.2, -0.15) is 12.6 Å². The van der Waals surface area contributed by atoms with E-state index >= 15 is 0 Å². The Bertz CT molecular complexity index is 135. The first kappa shape index (κ1) is 19.6. The van der Waals surface area contributed by atoms with Gasteiger partial charge in [0.1, 0.15) is 0 Å². The van der Waals surface area contributed by atoms with Crippen molar-refractivity contribution >= 4 is 29.8 Å². The summed E-state index contributed by atoms with van der Waals surface area (Å²) in [5.41, 5.74) is 4.84. The molecule has 17 heavy (non-hydrogen) atoms. The molecule has 0 aromatic carbocycles. The van der Waals surface area contributed by atoms with Crippen LogP contribution in [-0.2, 0) is 0 Å². The molecule has 0 aliphatic heterocycles. The van der Waals surface area contributed by atoms with E-state index < -0.39 is 0 Å². The number of thiocarbonyl (C=S) groups is 1. The van der Waals surface area contributed by atoms with Crippen LogP contribution in [-0.4, -0.2) is 10.7 Å². The fraction of sp³-hybridized carbons (Fsp3) is 0.929. The van der Waals surface area contributed by atoms with Crippen LogP contribution in [0.2, 0.25) is 0 Å². The van der Waals surface area contributed by atoms with E-state index in [0.717, 1.165) is 5.75 Å². The van der Waals surface area contributed by atoms with Crippen molar-refractivity contribution in [2.24, 2.45) is 5.73 Å². The summed E-state index contributed by atoms with van der Waals surface area (Å²) in [4.78, 5) is 0.500. The summed E-state index contributed by atoms with van der Waals surface area (Å²) < 4.78 is 0. The zero-order valence-electron chi connectivity index (χ0n) is 11.7. The predicted molar refractivity (Wildman–Crippen MR) is 88.2 cm³/mol. The molecule has 0 saturated heterocycles. The fourth-order valence-electron chi connectivity index (χ4n) is 1.60. The van der Waals surface area contributed by atoms with Crippen molar-refractivity contribution in [1.82, 2.24) is 0 Å². The molecule has 2 N–H and O–H groups in total. The summed E-state index contributed by atoms with van der Waals surface area (Å²) in [7, 11) is 0. The van der Waals surface area contributed by atoms with Crippen LogP contribution in [0.5, 0.6) is 0 Å². The SMILES string of the molecule is CC(N)=S.CCCCCCCCCCCCS. The average Bonchev–Trinajstić information content (AvgIpc) is 2.26. The van der Waals surface area contributed by atoms with Crippen molar-refractivity contribution < 1.29 is 0 Å². The summed E-state index contributed by atoms with van der Waals surface area (Å²) in [6.07, 6.45) is 14.2. The van der Waals surface area contributed by atoms with Gasteiger partial charge in [-0.15, -0.1) is 0 Å². The summed E-state index contributed by atoms with van der Waals surface area (Å²) >= 11 is 8.52. The second-order valence-corrected chi connectivity index (χ2v) is 5.61. The standard InChI is InChI=1S/C12H26S.C2H5NS/c1-2-3-4-5-6-7-8-9-10-11-12-13;1-2(3)4/h13H,2-12H2,1H3;1H3,(H2,3,4). The lowest BCUT2D eigenvalue weighted by Gasteiger charge is -2.00. The van der Waals surface area contributed by atoms with Crippen LogP contribution in [0.1, 0.15) is 78.1 Å². The third-order valence-electron chi connectivity index (χ3n) is 2.51. The molecule has 0 unspecified atom stereocenters. The highest BCUT2D eigenvalue weighted by Gasteiger charge is 1.91. The monoisotopic (exact) mass is 277 g/mol. The van der Waals surface area contributed by atoms with Crippen LogP contribution < -0.4 is 5.73 Å². The van der Waals surface area contributed by atoms with Crippen LogP contribution in [0.3, 0.4) is 0 Å². The van der Waals surface area contributed by atoms with Crippen molar-refractivity contribution in [3.8, 4) is 0 Å². The molecule has 0 aromatic rings. The zero-order chi connectivity index (χ0) is 13.4. The normalized spacial score (nSPS) is 9.59. The summed E-state index contributed by atoms with van der Waals surface area (Å²) in [5.74, 6) is 1.07. The highest BCUT2D eigenvalue weighted by Crippen LogP contribution is 2.10. The number of unbranched alkanes of at least 4 members (excludes halogenated alkanes) is 9. The van der Waals surface area contributed by atoms with Crippen molar-refractivity contribution in [2.45, 2.75) is 78.1 Å². The van der Waals surface area contributed by atoms with E-state index in [-0.39, 0.29) is 0 Å². The second kappa shape index (κ2) is 18.6. The molecule has 0 atom stereocenters. The van der Waals surface area contributed by atoms with Crippen molar-refractivity contribution in [2.75, 3.05) is 5.75 Å². The number of hydrogen-bond acceptors (Lipinski definition) is 2. The quantitative estimate of drug-likeness (QED) is 0.329. The number of rotatable bonds is 10. The molecule has 0 radical (unpaired) electrons. The van der Waals surface area contributed by atoms with Crippen molar-refractivity contribution in [1.29, 1.82) is 0 Å². The molecule has 1 nitrogen and oxygen atoms in total. The van der Waals surface area contributed by atoms with Gasteiger partial charge in [0.2, 0.25) is 0 Å². The maximum Gasteiger partial charge on any atom is 0.0695 e. The minimum Gasteiger partial charge on any atom is -0.394 e. The van der Waals surface area contributed by atoms with E-state index in [4.69, 9.17) is 5.73 Å². The second-order valence-electron chi connectivity index (χ2n) is 4.52. The van der Waals surface area contributed by atoms with Gasteiger partial charge in [-0.05, 0) is 19.1 Å². The van der Waals surface area contributed by atoms with E-state index in [1.54, 1.807) is 6.92 Å². The van der Waals surface area contributed by atoms with E-state index in [2.05, 4.69) is 31.8 Å². The highest BCUT2D eigenvalue weighted by atomic mass is 32.1. The third-order valence-corrected chi connectivity index (χ3v) is 2.83. The van der Waals surface area contributed by atoms with Crippen LogP contribution >= 0.6 is 24.8 Å². The molecule has 0 bridgehead atoms. The molecule has 0 aliphatic carbocycles. The maximum atomic E-state index is 4.84. The smallest absolute Gasteiger partial charge is 0.0695 e. The first-order valence-corrected chi connectivity index (χ1v) is 8.06. The van der Waals surface area contributed by atoms with Crippen molar-refractivity contribution in [3.05, 3.63) is 0 Å². The first-order valence-electron chi connectivity index (χ1n) is 7.02. The minimum atomic E-state index is 0.500. The molecule has 0 spiro atoms. The largest absolute Gasteiger partial charge is 0.394 e. The van der Waals surface area contributed by atoms with Crippen molar-refractivity contribution in [3.63, 3.8) is 0 Å². The summed E-state index contributed by atoms with van der Waals surface area (Å²) in [6, 6.07) is 0. The Kier molecular flexibility index (Phi) is 21.4. The lowest BCUT2D eigenvalue weighted by molar-refractivity contribution is 0.563. The third kappa shape index (κ3) is 31.4. The van der Waals surface area contributed by atoms with E-state index in [1.807, 2.05) is 0 Å². The maximum absolute atomic E-state index is 4.84. The van der Waals surface area contributed by atoms with Crippen LogP contribution in [0.15, 0.2) is 0 Å². The Morgan fingerprint density at radius 2 is 1.18 bits per heavy atom. The Morgan fingerprint density at radius 3 is 1.47 bits per heavy atom. The molecule has 0 saturated carbocycles. The molecule has 0 aliphatic rings.